The molecule has 194 valence electrons. The number of likely N-dealkylation sites (tertiary alicyclic amines) is 1. The molecule has 4 amide bonds. The second-order valence-corrected chi connectivity index (χ2v) is 8.46. The standard InChI is InChI=1S/C12H21N3O3.C9H19NO3.C2H6/c1-8-7-11(17)15(12(8)18)6-4-10(16)14-5-3-9(2)13;1-9(2,4-6-11)8(12)10-5-7-13-3;1-2/h8-9H,3-7,13H2,1-2H3,(H,14,16);11H,4-7H2,1-3H3,(H,10,12);1-2H3. The number of aliphatic hydroxyl groups excluding tert-OH is 1. The van der Waals surface area contributed by atoms with E-state index in [0.29, 0.717) is 32.5 Å². The van der Waals surface area contributed by atoms with Crippen LogP contribution in [0.5, 0.6) is 0 Å². The van der Waals surface area contributed by atoms with E-state index in [1.165, 1.54) is 4.90 Å². The summed E-state index contributed by atoms with van der Waals surface area (Å²) >= 11 is 0. The van der Waals surface area contributed by atoms with Crippen LogP contribution in [0.2, 0.25) is 0 Å². The smallest absolute Gasteiger partial charge is 0.232 e. The van der Waals surface area contributed by atoms with Gasteiger partial charge in [-0.15, -0.1) is 0 Å². The summed E-state index contributed by atoms with van der Waals surface area (Å²) in [4.78, 5) is 47.2. The summed E-state index contributed by atoms with van der Waals surface area (Å²) in [6.45, 7) is 13.0. The molecule has 1 heterocycles. The van der Waals surface area contributed by atoms with E-state index in [4.69, 9.17) is 15.6 Å². The van der Waals surface area contributed by atoms with Crippen LogP contribution in [0.15, 0.2) is 0 Å². The second kappa shape index (κ2) is 18.4. The lowest BCUT2D eigenvalue weighted by molar-refractivity contribution is -0.139. The fraction of sp³-hybridized carbons (Fsp3) is 0.826. The lowest BCUT2D eigenvalue weighted by Gasteiger charge is -2.22. The molecule has 1 aliphatic heterocycles. The van der Waals surface area contributed by atoms with Crippen molar-refractivity contribution < 1.29 is 29.0 Å². The number of methoxy groups -OCH3 is 1. The molecule has 0 radical (unpaired) electrons. The largest absolute Gasteiger partial charge is 0.396 e. The Labute approximate surface area is 199 Å². The average Bonchev–Trinajstić information content (AvgIpc) is 2.99. The summed E-state index contributed by atoms with van der Waals surface area (Å²) in [6, 6.07) is 0.0490. The zero-order chi connectivity index (χ0) is 26.0. The van der Waals surface area contributed by atoms with Gasteiger partial charge in [0.1, 0.15) is 0 Å². The number of hydrogen-bond donors (Lipinski definition) is 4. The predicted octanol–water partition coefficient (Wildman–Crippen LogP) is 0.809. The Morgan fingerprint density at radius 3 is 2.30 bits per heavy atom. The minimum Gasteiger partial charge on any atom is -0.396 e. The molecule has 0 saturated carbocycles. The van der Waals surface area contributed by atoms with Crippen molar-refractivity contribution in [1.29, 1.82) is 0 Å². The number of amides is 4. The Morgan fingerprint density at radius 1 is 1.24 bits per heavy atom. The molecular formula is C23H46N4O6. The molecule has 0 aliphatic carbocycles. The number of nitrogens with one attached hydrogen (secondary N) is 2. The van der Waals surface area contributed by atoms with Crippen molar-refractivity contribution in [3.05, 3.63) is 0 Å². The molecule has 1 aliphatic rings. The average molecular weight is 475 g/mol. The van der Waals surface area contributed by atoms with Gasteiger partial charge in [-0.2, -0.15) is 0 Å². The quantitative estimate of drug-likeness (QED) is 0.241. The topological polar surface area (TPSA) is 151 Å². The highest BCUT2D eigenvalue weighted by molar-refractivity contribution is 6.03. The lowest BCUT2D eigenvalue weighted by atomic mass is 9.89. The molecule has 0 aromatic carbocycles. The molecule has 0 aromatic heterocycles. The molecule has 10 nitrogen and oxygen atoms in total. The van der Waals surface area contributed by atoms with Gasteiger partial charge in [0.15, 0.2) is 0 Å². The summed E-state index contributed by atoms with van der Waals surface area (Å²) < 4.78 is 4.80. The van der Waals surface area contributed by atoms with Crippen LogP contribution < -0.4 is 16.4 Å². The summed E-state index contributed by atoms with van der Waals surface area (Å²) in [5.41, 5.74) is 5.06. The van der Waals surface area contributed by atoms with Crippen LogP contribution >= 0.6 is 0 Å². The SMILES string of the molecule is CC.CC(N)CCNC(=O)CCN1C(=O)CC(C)C1=O.COCCNC(=O)C(C)(C)CCO. The first-order valence-corrected chi connectivity index (χ1v) is 11.7. The zero-order valence-electron chi connectivity index (χ0n) is 21.5. The van der Waals surface area contributed by atoms with E-state index in [0.717, 1.165) is 0 Å². The Morgan fingerprint density at radius 2 is 1.85 bits per heavy atom. The predicted molar refractivity (Wildman–Crippen MR) is 128 cm³/mol. The van der Waals surface area contributed by atoms with Crippen molar-refractivity contribution in [3.63, 3.8) is 0 Å². The van der Waals surface area contributed by atoms with Crippen LogP contribution in [-0.2, 0) is 23.9 Å². The molecule has 2 unspecified atom stereocenters. The Hall–Kier alpha value is -2.04. The van der Waals surface area contributed by atoms with Crippen molar-refractivity contribution in [2.24, 2.45) is 17.1 Å². The maximum atomic E-state index is 11.6. The monoisotopic (exact) mass is 474 g/mol. The first-order valence-electron chi connectivity index (χ1n) is 11.7. The van der Waals surface area contributed by atoms with Crippen molar-refractivity contribution in [3.8, 4) is 0 Å². The highest BCUT2D eigenvalue weighted by Gasteiger charge is 2.35. The third-order valence-corrected chi connectivity index (χ3v) is 4.90. The maximum Gasteiger partial charge on any atom is 0.232 e. The van der Waals surface area contributed by atoms with Crippen molar-refractivity contribution >= 4 is 23.6 Å². The van der Waals surface area contributed by atoms with Crippen LogP contribution in [0, 0.1) is 11.3 Å². The summed E-state index contributed by atoms with van der Waals surface area (Å²) in [5.74, 6) is -0.813. The number of ether oxygens (including phenoxy) is 1. The maximum absolute atomic E-state index is 11.6. The minimum absolute atomic E-state index is 0.0324. The molecular weight excluding hydrogens is 428 g/mol. The van der Waals surface area contributed by atoms with Crippen LogP contribution in [0.25, 0.3) is 0 Å². The van der Waals surface area contributed by atoms with Gasteiger partial charge in [-0.05, 0) is 19.8 Å². The first kappa shape index (κ1) is 33.1. The van der Waals surface area contributed by atoms with E-state index >= 15 is 0 Å². The van der Waals surface area contributed by atoms with E-state index in [1.54, 1.807) is 14.0 Å². The highest BCUT2D eigenvalue weighted by Crippen LogP contribution is 2.19. The Kier molecular flexibility index (Phi) is 18.5. The first-order chi connectivity index (χ1) is 15.5. The van der Waals surface area contributed by atoms with Gasteiger partial charge in [0.05, 0.1) is 6.61 Å². The lowest BCUT2D eigenvalue weighted by Crippen LogP contribution is -2.39. The molecule has 10 heteroatoms. The van der Waals surface area contributed by atoms with Crippen molar-refractivity contribution in [1.82, 2.24) is 15.5 Å². The minimum atomic E-state index is -0.498. The molecule has 2 atom stereocenters. The van der Waals surface area contributed by atoms with Gasteiger partial charge in [-0.3, -0.25) is 24.1 Å². The van der Waals surface area contributed by atoms with Gasteiger partial charge < -0.3 is 26.2 Å². The Bertz CT molecular complexity index is 596. The number of imide groups is 1. The van der Waals surface area contributed by atoms with Crippen molar-refractivity contribution in [2.75, 3.05) is 40.0 Å². The molecule has 0 aromatic rings. The van der Waals surface area contributed by atoms with Crippen LogP contribution in [0.4, 0.5) is 0 Å². The van der Waals surface area contributed by atoms with Gasteiger partial charge >= 0.3 is 0 Å². The molecule has 1 rings (SSSR count). The fourth-order valence-electron chi connectivity index (χ4n) is 2.72. The van der Waals surface area contributed by atoms with Gasteiger partial charge in [0, 0.05) is 63.6 Å². The van der Waals surface area contributed by atoms with Crippen LogP contribution in [0.3, 0.4) is 0 Å². The summed E-state index contributed by atoms with van der Waals surface area (Å²) in [5, 5.41) is 14.2. The number of nitrogens with zero attached hydrogens (tertiary/aromatic N) is 1. The number of aliphatic hydroxyl groups is 1. The van der Waals surface area contributed by atoms with Crippen molar-refractivity contribution in [2.45, 2.75) is 73.3 Å². The van der Waals surface area contributed by atoms with Gasteiger partial charge in [-0.1, -0.05) is 34.6 Å². The molecule has 5 N–H and O–H groups in total. The van der Waals surface area contributed by atoms with Crippen LogP contribution in [-0.4, -0.2) is 79.6 Å². The third kappa shape index (κ3) is 14.7. The number of hydrogen-bond acceptors (Lipinski definition) is 7. The Balaban J connectivity index is 0. The summed E-state index contributed by atoms with van der Waals surface area (Å²) in [7, 11) is 1.59. The molecule has 0 bridgehead atoms. The van der Waals surface area contributed by atoms with E-state index in [1.807, 2.05) is 34.6 Å². The van der Waals surface area contributed by atoms with Gasteiger partial charge in [-0.25, -0.2) is 0 Å². The fourth-order valence-corrected chi connectivity index (χ4v) is 2.72. The van der Waals surface area contributed by atoms with E-state index < -0.39 is 5.41 Å². The highest BCUT2D eigenvalue weighted by atomic mass is 16.5. The third-order valence-electron chi connectivity index (χ3n) is 4.90. The van der Waals surface area contributed by atoms with Gasteiger partial charge in [0.2, 0.25) is 23.6 Å². The van der Waals surface area contributed by atoms with E-state index in [9.17, 15) is 19.2 Å². The molecule has 0 spiro atoms. The zero-order valence-corrected chi connectivity index (χ0v) is 21.5. The second-order valence-electron chi connectivity index (χ2n) is 8.46. The van der Waals surface area contributed by atoms with Crippen LogP contribution in [0.1, 0.15) is 67.2 Å². The summed E-state index contributed by atoms with van der Waals surface area (Å²) in [6.07, 6.45) is 1.60. The molecule has 33 heavy (non-hydrogen) atoms. The van der Waals surface area contributed by atoms with Gasteiger partial charge in [0.25, 0.3) is 0 Å². The number of nitrogens with two attached hydrogens (primary N) is 1. The number of carbonyl (C=O) groups is 4. The number of carbonyl (C=O) groups excluding carboxylic acids is 4. The number of rotatable bonds is 12. The molecule has 1 fully saturated rings. The van der Waals surface area contributed by atoms with E-state index in [2.05, 4.69) is 10.6 Å². The normalized spacial score (nSPS) is 16.3. The van der Waals surface area contributed by atoms with E-state index in [-0.39, 0.29) is 61.6 Å². The molecule has 1 saturated heterocycles.